The lowest BCUT2D eigenvalue weighted by atomic mass is 10.1. The fraction of sp³-hybridized carbons (Fsp3) is 0.235. The van der Waals surface area contributed by atoms with E-state index in [1.807, 2.05) is 50.2 Å². The number of thioether (sulfide) groups is 1. The summed E-state index contributed by atoms with van der Waals surface area (Å²) in [4.78, 5) is 13.1. The summed E-state index contributed by atoms with van der Waals surface area (Å²) in [5.74, 6) is 0.672. The minimum atomic E-state index is -0.0321. The van der Waals surface area contributed by atoms with E-state index in [-0.39, 0.29) is 5.91 Å². The lowest BCUT2D eigenvalue weighted by Crippen LogP contribution is -2.13. The van der Waals surface area contributed by atoms with Crippen LogP contribution in [0.25, 0.3) is 0 Å². The molecule has 0 aliphatic heterocycles. The van der Waals surface area contributed by atoms with Crippen LogP contribution in [0.2, 0.25) is 10.0 Å². The summed E-state index contributed by atoms with van der Waals surface area (Å²) in [5.41, 5.74) is 2.76. The van der Waals surface area contributed by atoms with Gasteiger partial charge in [0.1, 0.15) is 0 Å². The number of aryl methyl sites for hydroxylation is 2. The van der Waals surface area contributed by atoms with Crippen molar-refractivity contribution in [1.29, 1.82) is 0 Å². The Labute approximate surface area is 145 Å². The van der Waals surface area contributed by atoms with Crippen LogP contribution in [0.1, 0.15) is 17.5 Å². The second-order valence-corrected chi connectivity index (χ2v) is 7.05. The van der Waals surface area contributed by atoms with Crippen molar-refractivity contribution >= 4 is 46.6 Å². The molecule has 0 atom stereocenters. The highest BCUT2D eigenvalue weighted by molar-refractivity contribution is 7.99. The zero-order valence-corrected chi connectivity index (χ0v) is 14.8. The van der Waals surface area contributed by atoms with Crippen LogP contribution in [0, 0.1) is 13.8 Å². The predicted molar refractivity (Wildman–Crippen MR) is 96.3 cm³/mol. The molecular weight excluding hydrogens is 337 g/mol. The van der Waals surface area contributed by atoms with Crippen LogP contribution in [-0.4, -0.2) is 11.7 Å². The Kier molecular flexibility index (Phi) is 6.18. The van der Waals surface area contributed by atoms with Crippen molar-refractivity contribution in [3.8, 4) is 0 Å². The van der Waals surface area contributed by atoms with Crippen LogP contribution in [0.4, 0.5) is 5.69 Å². The number of benzene rings is 2. The van der Waals surface area contributed by atoms with Gasteiger partial charge in [0.15, 0.2) is 0 Å². The molecule has 0 radical (unpaired) electrons. The maximum Gasteiger partial charge on any atom is 0.225 e. The largest absolute Gasteiger partial charge is 0.325 e. The second-order valence-electron chi connectivity index (χ2n) is 5.04. The van der Waals surface area contributed by atoms with Crippen LogP contribution in [0.5, 0.6) is 0 Å². The van der Waals surface area contributed by atoms with Gasteiger partial charge in [0.25, 0.3) is 0 Å². The fourth-order valence-corrected chi connectivity index (χ4v) is 3.41. The molecule has 0 aliphatic carbocycles. The molecule has 116 valence electrons. The highest BCUT2D eigenvalue weighted by Gasteiger charge is 2.09. The van der Waals surface area contributed by atoms with Crippen LogP contribution >= 0.6 is 35.0 Å². The average molecular weight is 354 g/mol. The summed E-state index contributed by atoms with van der Waals surface area (Å²) in [7, 11) is 0. The summed E-state index contributed by atoms with van der Waals surface area (Å²) in [6.45, 7) is 3.92. The molecule has 0 saturated heterocycles. The van der Waals surface area contributed by atoms with Gasteiger partial charge in [-0.2, -0.15) is 0 Å². The second kappa shape index (κ2) is 7.91. The molecule has 0 aliphatic rings. The maximum atomic E-state index is 12.0. The monoisotopic (exact) mass is 353 g/mol. The third kappa shape index (κ3) is 4.94. The van der Waals surface area contributed by atoms with Crippen molar-refractivity contribution in [2.24, 2.45) is 0 Å². The lowest BCUT2D eigenvalue weighted by molar-refractivity contribution is -0.115. The van der Waals surface area contributed by atoms with Crippen LogP contribution in [0.15, 0.2) is 41.3 Å². The summed E-state index contributed by atoms with van der Waals surface area (Å²) < 4.78 is 0. The standard InChI is InChI=1S/C17H17Cl2NOS/c1-11-9-12(2)17(15(19)10-11)20-16(21)7-8-22-14-5-3-13(18)4-6-14/h3-6,9-10H,7-8H2,1-2H3,(H,20,21). The molecule has 0 saturated carbocycles. The number of amides is 1. The topological polar surface area (TPSA) is 29.1 Å². The number of carbonyl (C=O) groups excluding carboxylic acids is 1. The van der Waals surface area contributed by atoms with E-state index >= 15 is 0 Å². The highest BCUT2D eigenvalue weighted by atomic mass is 35.5. The van der Waals surface area contributed by atoms with Crippen molar-refractivity contribution in [2.75, 3.05) is 11.1 Å². The van der Waals surface area contributed by atoms with Crippen LogP contribution < -0.4 is 5.32 Å². The van der Waals surface area contributed by atoms with Gasteiger partial charge in [-0.15, -0.1) is 11.8 Å². The molecule has 2 aromatic carbocycles. The molecule has 0 heterocycles. The maximum absolute atomic E-state index is 12.0. The van der Waals surface area contributed by atoms with Crippen molar-refractivity contribution in [2.45, 2.75) is 25.2 Å². The van der Waals surface area contributed by atoms with E-state index in [2.05, 4.69) is 5.32 Å². The molecule has 0 unspecified atom stereocenters. The number of hydrogen-bond acceptors (Lipinski definition) is 2. The first-order valence-corrected chi connectivity index (χ1v) is 8.65. The molecule has 22 heavy (non-hydrogen) atoms. The van der Waals surface area contributed by atoms with E-state index in [1.54, 1.807) is 11.8 Å². The molecule has 1 amide bonds. The SMILES string of the molecule is Cc1cc(C)c(NC(=O)CCSc2ccc(Cl)cc2)c(Cl)c1. The predicted octanol–water partition coefficient (Wildman–Crippen LogP) is 5.73. The van der Waals surface area contributed by atoms with E-state index < -0.39 is 0 Å². The lowest BCUT2D eigenvalue weighted by Gasteiger charge is -2.11. The van der Waals surface area contributed by atoms with Gasteiger partial charge < -0.3 is 5.32 Å². The van der Waals surface area contributed by atoms with Gasteiger partial charge >= 0.3 is 0 Å². The van der Waals surface area contributed by atoms with E-state index in [4.69, 9.17) is 23.2 Å². The number of nitrogens with one attached hydrogen (secondary N) is 1. The Morgan fingerprint density at radius 1 is 1.14 bits per heavy atom. The molecule has 0 bridgehead atoms. The minimum Gasteiger partial charge on any atom is -0.325 e. The molecule has 5 heteroatoms. The van der Waals surface area contributed by atoms with Gasteiger partial charge in [0.2, 0.25) is 5.91 Å². The fourth-order valence-electron chi connectivity index (χ4n) is 2.07. The van der Waals surface area contributed by atoms with Gasteiger partial charge in [-0.25, -0.2) is 0 Å². The summed E-state index contributed by atoms with van der Waals surface area (Å²) in [6, 6.07) is 11.5. The van der Waals surface area contributed by atoms with Gasteiger partial charge in [-0.1, -0.05) is 29.3 Å². The first-order chi connectivity index (χ1) is 10.5. The van der Waals surface area contributed by atoms with Crippen molar-refractivity contribution in [1.82, 2.24) is 0 Å². The zero-order valence-electron chi connectivity index (χ0n) is 12.5. The number of hydrogen-bond donors (Lipinski definition) is 1. The Hall–Kier alpha value is -1.16. The Bertz CT molecular complexity index is 648. The third-order valence-electron chi connectivity index (χ3n) is 3.11. The number of halogens is 2. The molecule has 1 N–H and O–H groups in total. The van der Waals surface area contributed by atoms with E-state index in [9.17, 15) is 4.79 Å². The summed E-state index contributed by atoms with van der Waals surface area (Å²) in [6.07, 6.45) is 0.428. The quantitative estimate of drug-likeness (QED) is 0.695. The molecule has 2 aromatic rings. The van der Waals surface area contributed by atoms with Crippen LogP contribution in [-0.2, 0) is 4.79 Å². The molecule has 0 fully saturated rings. The highest BCUT2D eigenvalue weighted by Crippen LogP contribution is 2.28. The van der Waals surface area contributed by atoms with Gasteiger partial charge in [0, 0.05) is 22.1 Å². The molecule has 2 rings (SSSR count). The molecule has 2 nitrogen and oxygen atoms in total. The van der Waals surface area contributed by atoms with Crippen molar-refractivity contribution in [3.63, 3.8) is 0 Å². The number of rotatable bonds is 5. The normalized spacial score (nSPS) is 10.5. The first kappa shape index (κ1) is 17.2. The van der Waals surface area contributed by atoms with E-state index in [1.165, 1.54) is 0 Å². The molecular formula is C17H17Cl2NOS. The van der Waals surface area contributed by atoms with Crippen LogP contribution in [0.3, 0.4) is 0 Å². The van der Waals surface area contributed by atoms with E-state index in [0.29, 0.717) is 27.9 Å². The first-order valence-electron chi connectivity index (χ1n) is 6.90. The average Bonchev–Trinajstić information content (AvgIpc) is 2.45. The van der Waals surface area contributed by atoms with Gasteiger partial charge in [0.05, 0.1) is 10.7 Å². The third-order valence-corrected chi connectivity index (χ3v) is 4.67. The Morgan fingerprint density at radius 2 is 1.82 bits per heavy atom. The number of anilines is 1. The smallest absolute Gasteiger partial charge is 0.225 e. The Balaban J connectivity index is 1.87. The minimum absolute atomic E-state index is 0.0321. The molecule has 0 aromatic heterocycles. The zero-order chi connectivity index (χ0) is 16.1. The van der Waals surface area contributed by atoms with Gasteiger partial charge in [-0.05, 0) is 55.3 Å². The van der Waals surface area contributed by atoms with E-state index in [0.717, 1.165) is 16.0 Å². The molecule has 0 spiro atoms. The van der Waals surface area contributed by atoms with Crippen molar-refractivity contribution < 1.29 is 4.79 Å². The number of carbonyl (C=O) groups is 1. The summed E-state index contributed by atoms with van der Waals surface area (Å²) in [5, 5.41) is 4.19. The van der Waals surface area contributed by atoms with Crippen molar-refractivity contribution in [3.05, 3.63) is 57.6 Å². The van der Waals surface area contributed by atoms with Gasteiger partial charge in [-0.3, -0.25) is 4.79 Å². The summed E-state index contributed by atoms with van der Waals surface area (Å²) >= 11 is 13.7. The Morgan fingerprint density at radius 3 is 2.45 bits per heavy atom.